The largest absolute Gasteiger partial charge is 0.504 e. The zero-order chi connectivity index (χ0) is 15.4. The maximum absolute atomic E-state index is 10.0. The Morgan fingerprint density at radius 1 is 1.14 bits per heavy atom. The third-order valence-corrected chi connectivity index (χ3v) is 3.95. The van der Waals surface area contributed by atoms with Crippen molar-refractivity contribution in [2.45, 2.75) is 13.3 Å². The van der Waals surface area contributed by atoms with Crippen LogP contribution in [0.4, 0.5) is 5.69 Å². The van der Waals surface area contributed by atoms with Gasteiger partial charge >= 0.3 is 0 Å². The van der Waals surface area contributed by atoms with E-state index in [1.54, 1.807) is 30.3 Å². The van der Waals surface area contributed by atoms with Crippen molar-refractivity contribution in [3.63, 3.8) is 0 Å². The van der Waals surface area contributed by atoms with Gasteiger partial charge in [0.2, 0.25) is 0 Å². The smallest absolute Gasteiger partial charge is 0.159 e. The number of anilines is 1. The molecule has 0 saturated carbocycles. The SMILES string of the molecule is CCc1c(Cl)cc(NCOc2ccc(Cl)cc2)c(O)c1Cl. The van der Waals surface area contributed by atoms with E-state index in [0.29, 0.717) is 27.9 Å². The summed E-state index contributed by atoms with van der Waals surface area (Å²) in [5.74, 6) is 0.631. The lowest BCUT2D eigenvalue weighted by Gasteiger charge is -2.14. The van der Waals surface area contributed by atoms with Crippen molar-refractivity contribution in [3.8, 4) is 11.5 Å². The van der Waals surface area contributed by atoms with Gasteiger partial charge in [0, 0.05) is 10.0 Å². The van der Waals surface area contributed by atoms with E-state index in [0.717, 1.165) is 5.56 Å². The lowest BCUT2D eigenvalue weighted by atomic mass is 10.1. The van der Waals surface area contributed by atoms with E-state index in [-0.39, 0.29) is 17.5 Å². The average molecular weight is 347 g/mol. The normalized spacial score (nSPS) is 10.5. The highest BCUT2D eigenvalue weighted by Gasteiger charge is 2.13. The molecule has 0 aliphatic carbocycles. The first kappa shape index (κ1) is 16.1. The number of hydrogen-bond acceptors (Lipinski definition) is 3. The highest BCUT2D eigenvalue weighted by atomic mass is 35.5. The van der Waals surface area contributed by atoms with Crippen molar-refractivity contribution in [1.29, 1.82) is 0 Å². The van der Waals surface area contributed by atoms with Gasteiger partial charge in [-0.1, -0.05) is 41.7 Å². The van der Waals surface area contributed by atoms with E-state index in [2.05, 4.69) is 5.32 Å². The van der Waals surface area contributed by atoms with Gasteiger partial charge in [0.1, 0.15) is 5.75 Å². The lowest BCUT2D eigenvalue weighted by Crippen LogP contribution is -2.09. The summed E-state index contributed by atoms with van der Waals surface area (Å²) in [6.07, 6.45) is 0.646. The van der Waals surface area contributed by atoms with Crippen LogP contribution in [-0.4, -0.2) is 11.8 Å². The molecular weight excluding hydrogens is 333 g/mol. The Labute approximate surface area is 138 Å². The molecule has 2 rings (SSSR count). The Balaban J connectivity index is 2.05. The quantitative estimate of drug-likeness (QED) is 0.565. The van der Waals surface area contributed by atoms with Crippen molar-refractivity contribution >= 4 is 40.5 Å². The van der Waals surface area contributed by atoms with Gasteiger partial charge in [0.25, 0.3) is 0 Å². The Morgan fingerprint density at radius 2 is 1.81 bits per heavy atom. The van der Waals surface area contributed by atoms with Gasteiger partial charge in [-0.15, -0.1) is 0 Å². The molecule has 0 spiro atoms. The molecule has 0 aliphatic rings. The van der Waals surface area contributed by atoms with Gasteiger partial charge in [-0.25, -0.2) is 0 Å². The van der Waals surface area contributed by atoms with E-state index in [4.69, 9.17) is 39.5 Å². The minimum atomic E-state index is -0.0300. The zero-order valence-corrected chi connectivity index (χ0v) is 13.6. The molecule has 0 aromatic heterocycles. The Hall–Kier alpha value is -1.29. The van der Waals surface area contributed by atoms with Gasteiger partial charge in [-0.05, 0) is 42.3 Å². The lowest BCUT2D eigenvalue weighted by molar-refractivity contribution is 0.345. The molecule has 0 radical (unpaired) electrons. The minimum absolute atomic E-state index is 0.0300. The second-order valence-corrected chi connectivity index (χ2v) is 5.54. The fourth-order valence-electron chi connectivity index (χ4n) is 1.84. The van der Waals surface area contributed by atoms with Crippen molar-refractivity contribution < 1.29 is 9.84 Å². The van der Waals surface area contributed by atoms with Crippen molar-refractivity contribution in [3.05, 3.63) is 51.0 Å². The van der Waals surface area contributed by atoms with Crippen molar-refractivity contribution in [2.75, 3.05) is 12.0 Å². The number of ether oxygens (including phenoxy) is 1. The summed E-state index contributed by atoms with van der Waals surface area (Å²) in [4.78, 5) is 0. The first-order valence-corrected chi connectivity index (χ1v) is 7.48. The van der Waals surface area contributed by atoms with E-state index in [9.17, 15) is 5.11 Å². The van der Waals surface area contributed by atoms with Crippen LogP contribution < -0.4 is 10.1 Å². The number of halogens is 3. The van der Waals surface area contributed by atoms with E-state index in [1.165, 1.54) is 0 Å². The fourth-order valence-corrected chi connectivity index (χ4v) is 2.68. The molecule has 6 heteroatoms. The molecule has 0 bridgehead atoms. The maximum atomic E-state index is 10.0. The molecule has 0 unspecified atom stereocenters. The van der Waals surface area contributed by atoms with Crippen LogP contribution in [0.15, 0.2) is 30.3 Å². The number of hydrogen-bond donors (Lipinski definition) is 2. The van der Waals surface area contributed by atoms with Crippen LogP contribution >= 0.6 is 34.8 Å². The van der Waals surface area contributed by atoms with E-state index in [1.807, 2.05) is 6.92 Å². The second kappa shape index (κ2) is 7.12. The molecule has 112 valence electrons. The van der Waals surface area contributed by atoms with E-state index < -0.39 is 0 Å². The zero-order valence-electron chi connectivity index (χ0n) is 11.3. The molecular formula is C15H14Cl3NO2. The number of aromatic hydroxyl groups is 1. The van der Waals surface area contributed by atoms with Crippen molar-refractivity contribution in [2.24, 2.45) is 0 Å². The summed E-state index contributed by atoms with van der Waals surface area (Å²) in [6.45, 7) is 2.08. The van der Waals surface area contributed by atoms with Crippen LogP contribution in [0.5, 0.6) is 11.5 Å². The van der Waals surface area contributed by atoms with Gasteiger partial charge in [-0.3, -0.25) is 0 Å². The first-order valence-electron chi connectivity index (χ1n) is 6.35. The molecule has 2 aromatic rings. The van der Waals surface area contributed by atoms with Crippen LogP contribution in [0.2, 0.25) is 15.1 Å². The van der Waals surface area contributed by atoms with Gasteiger partial charge in [0.05, 0.1) is 10.7 Å². The van der Waals surface area contributed by atoms with E-state index >= 15 is 0 Å². The molecule has 0 atom stereocenters. The average Bonchev–Trinajstić information content (AvgIpc) is 2.47. The molecule has 0 fully saturated rings. The molecule has 2 N–H and O–H groups in total. The fraction of sp³-hybridized carbons (Fsp3) is 0.200. The second-order valence-electron chi connectivity index (χ2n) is 4.32. The summed E-state index contributed by atoms with van der Waals surface area (Å²) < 4.78 is 5.49. The molecule has 21 heavy (non-hydrogen) atoms. The molecule has 3 nitrogen and oxygen atoms in total. The summed E-state index contributed by atoms with van der Waals surface area (Å²) >= 11 is 18.0. The molecule has 0 amide bonds. The van der Waals surface area contributed by atoms with Gasteiger partial charge in [-0.2, -0.15) is 0 Å². The van der Waals surface area contributed by atoms with Crippen LogP contribution in [0.1, 0.15) is 12.5 Å². The van der Waals surface area contributed by atoms with Crippen LogP contribution in [-0.2, 0) is 6.42 Å². The Morgan fingerprint density at radius 3 is 2.43 bits per heavy atom. The summed E-state index contributed by atoms with van der Waals surface area (Å²) in [6, 6.07) is 8.61. The number of benzene rings is 2. The first-order chi connectivity index (χ1) is 10.0. The van der Waals surface area contributed by atoms with Crippen LogP contribution in [0.3, 0.4) is 0 Å². The molecule has 0 heterocycles. The highest BCUT2D eigenvalue weighted by Crippen LogP contribution is 2.39. The molecule has 2 aromatic carbocycles. The van der Waals surface area contributed by atoms with Crippen molar-refractivity contribution in [1.82, 2.24) is 0 Å². The third-order valence-electron chi connectivity index (χ3n) is 2.96. The number of rotatable bonds is 5. The topological polar surface area (TPSA) is 41.5 Å². The monoisotopic (exact) mass is 345 g/mol. The van der Waals surface area contributed by atoms with Crippen LogP contribution in [0.25, 0.3) is 0 Å². The number of phenolic OH excluding ortho intramolecular Hbond substituents is 1. The predicted molar refractivity (Wildman–Crippen MR) is 88.1 cm³/mol. The summed E-state index contributed by atoms with van der Waals surface area (Å²) in [7, 11) is 0. The van der Waals surface area contributed by atoms with Gasteiger partial charge in [0.15, 0.2) is 12.5 Å². The summed E-state index contributed by atoms with van der Waals surface area (Å²) in [5.41, 5.74) is 1.15. The number of phenols is 1. The Bertz CT molecular complexity index is 630. The van der Waals surface area contributed by atoms with Crippen LogP contribution in [0, 0.1) is 0 Å². The predicted octanol–water partition coefficient (Wildman–Crippen LogP) is 5.36. The maximum Gasteiger partial charge on any atom is 0.159 e. The minimum Gasteiger partial charge on any atom is -0.504 e. The highest BCUT2D eigenvalue weighted by molar-refractivity contribution is 6.37. The molecule has 0 aliphatic heterocycles. The number of nitrogens with one attached hydrogen (secondary N) is 1. The third kappa shape index (κ3) is 3.88. The van der Waals surface area contributed by atoms with Gasteiger partial charge < -0.3 is 15.2 Å². The Kier molecular flexibility index (Phi) is 5.45. The molecule has 0 saturated heterocycles. The standard InChI is InChI=1S/C15H14Cl3NO2/c1-2-11-12(17)7-13(15(20)14(11)18)19-8-21-10-5-3-9(16)4-6-10/h3-7,19-20H,2,8H2,1H3. The summed E-state index contributed by atoms with van der Waals surface area (Å²) in [5, 5.41) is 14.4.